The second-order valence-corrected chi connectivity index (χ2v) is 6.65. The molecule has 1 atom stereocenters. The van der Waals surface area contributed by atoms with Crippen molar-refractivity contribution in [2.24, 2.45) is 11.3 Å². The van der Waals surface area contributed by atoms with E-state index < -0.39 is 17.1 Å². The minimum absolute atomic E-state index is 0.0533. The molecule has 2 aliphatic rings. The zero-order chi connectivity index (χ0) is 14.4. The summed E-state index contributed by atoms with van der Waals surface area (Å²) in [6.07, 6.45) is 5.96. The summed E-state index contributed by atoms with van der Waals surface area (Å²) < 4.78 is 5.34. The molecule has 0 aromatic heterocycles. The summed E-state index contributed by atoms with van der Waals surface area (Å²) in [5, 5.41) is 0. The Bertz CT molecular complexity index is 480. The monoisotopic (exact) mass is 263 g/mol. The van der Waals surface area contributed by atoms with Crippen molar-refractivity contribution in [2.45, 2.75) is 46.6 Å². The molecule has 1 unspecified atom stereocenters. The Labute approximate surface area is 114 Å². The van der Waals surface area contributed by atoms with Crippen molar-refractivity contribution in [1.82, 2.24) is 4.90 Å². The predicted molar refractivity (Wildman–Crippen MR) is 72.2 cm³/mol. The largest absolute Gasteiger partial charge is 0.443 e. The molecule has 0 bridgehead atoms. The highest BCUT2D eigenvalue weighted by Crippen LogP contribution is 2.47. The Morgan fingerprint density at radius 3 is 2.63 bits per heavy atom. The van der Waals surface area contributed by atoms with Crippen LogP contribution in [0, 0.1) is 11.3 Å². The number of nitrogens with zero attached hydrogens (tertiary/aromatic N) is 1. The maximum absolute atomic E-state index is 12.5. The van der Waals surface area contributed by atoms with E-state index in [0.717, 1.165) is 12.1 Å². The SMILES string of the molecule is CC(C)(C)OC(=O)N1C(=O)C(C)(C)C2CC=CC=C21. The Kier molecular flexibility index (Phi) is 3.07. The number of hydrogen-bond acceptors (Lipinski definition) is 3. The molecule has 0 aromatic rings. The van der Waals surface area contributed by atoms with Gasteiger partial charge in [0, 0.05) is 11.6 Å². The van der Waals surface area contributed by atoms with Gasteiger partial charge in [0.1, 0.15) is 5.60 Å². The zero-order valence-electron chi connectivity index (χ0n) is 12.2. The van der Waals surface area contributed by atoms with E-state index in [9.17, 15) is 9.59 Å². The van der Waals surface area contributed by atoms with E-state index in [0.29, 0.717) is 0 Å². The number of rotatable bonds is 0. The van der Waals surface area contributed by atoms with E-state index >= 15 is 0 Å². The number of ether oxygens (including phenoxy) is 1. The third-order valence-corrected chi connectivity index (χ3v) is 3.59. The Morgan fingerprint density at radius 2 is 2.05 bits per heavy atom. The van der Waals surface area contributed by atoms with Gasteiger partial charge in [-0.1, -0.05) is 26.0 Å². The minimum Gasteiger partial charge on any atom is -0.443 e. The molecule has 0 saturated carbocycles. The van der Waals surface area contributed by atoms with Crippen LogP contribution in [-0.2, 0) is 9.53 Å². The summed E-state index contributed by atoms with van der Waals surface area (Å²) in [6, 6.07) is 0. The van der Waals surface area contributed by atoms with Gasteiger partial charge in [0.2, 0.25) is 5.91 Å². The first-order chi connectivity index (χ1) is 8.64. The molecule has 1 saturated heterocycles. The number of amides is 2. The van der Waals surface area contributed by atoms with Crippen LogP contribution < -0.4 is 0 Å². The molecule has 2 amide bonds. The highest BCUT2D eigenvalue weighted by atomic mass is 16.6. The van der Waals surface area contributed by atoms with E-state index in [-0.39, 0.29) is 11.8 Å². The van der Waals surface area contributed by atoms with Gasteiger partial charge < -0.3 is 4.74 Å². The van der Waals surface area contributed by atoms with Crippen LogP contribution in [0.25, 0.3) is 0 Å². The van der Waals surface area contributed by atoms with Crippen LogP contribution >= 0.6 is 0 Å². The number of likely N-dealkylation sites (tertiary alicyclic amines) is 1. The van der Waals surface area contributed by atoms with E-state index in [4.69, 9.17) is 4.74 Å². The Balaban J connectivity index is 2.34. The number of allylic oxidation sites excluding steroid dienone is 4. The van der Waals surface area contributed by atoms with E-state index in [1.54, 1.807) is 20.8 Å². The summed E-state index contributed by atoms with van der Waals surface area (Å²) in [6.45, 7) is 9.16. The van der Waals surface area contributed by atoms with Gasteiger partial charge in [0.15, 0.2) is 0 Å². The van der Waals surface area contributed by atoms with E-state index in [2.05, 4.69) is 0 Å². The van der Waals surface area contributed by atoms with Crippen LogP contribution in [0.15, 0.2) is 23.9 Å². The first-order valence-corrected chi connectivity index (χ1v) is 6.59. The molecular weight excluding hydrogens is 242 g/mol. The van der Waals surface area contributed by atoms with Crippen LogP contribution in [0.3, 0.4) is 0 Å². The van der Waals surface area contributed by atoms with Crippen LogP contribution in [-0.4, -0.2) is 22.5 Å². The molecule has 1 fully saturated rings. The summed E-state index contributed by atoms with van der Waals surface area (Å²) in [4.78, 5) is 25.9. The number of hydrogen-bond donors (Lipinski definition) is 0. The Hall–Kier alpha value is -1.58. The summed E-state index contributed by atoms with van der Waals surface area (Å²) in [7, 11) is 0. The third-order valence-electron chi connectivity index (χ3n) is 3.59. The lowest BCUT2D eigenvalue weighted by molar-refractivity contribution is -0.133. The van der Waals surface area contributed by atoms with Crippen molar-refractivity contribution >= 4 is 12.0 Å². The predicted octanol–water partition coefficient (Wildman–Crippen LogP) is 3.25. The molecule has 4 heteroatoms. The molecule has 1 aliphatic carbocycles. The van der Waals surface area contributed by atoms with Crippen molar-refractivity contribution in [3.05, 3.63) is 23.9 Å². The van der Waals surface area contributed by atoms with Crippen molar-refractivity contribution in [1.29, 1.82) is 0 Å². The van der Waals surface area contributed by atoms with Crippen molar-refractivity contribution < 1.29 is 14.3 Å². The molecule has 2 rings (SSSR count). The lowest BCUT2D eigenvalue weighted by Crippen LogP contribution is -2.39. The van der Waals surface area contributed by atoms with E-state index in [1.165, 1.54) is 4.90 Å². The maximum atomic E-state index is 12.5. The van der Waals surface area contributed by atoms with Gasteiger partial charge in [-0.25, -0.2) is 9.69 Å². The average molecular weight is 263 g/mol. The van der Waals surface area contributed by atoms with E-state index in [1.807, 2.05) is 32.1 Å². The third kappa shape index (κ3) is 2.31. The molecular formula is C15H21NO3. The summed E-state index contributed by atoms with van der Waals surface area (Å²) >= 11 is 0. The molecule has 0 radical (unpaired) electrons. The number of fused-ring (bicyclic) bond motifs is 1. The van der Waals surface area contributed by atoms with Gasteiger partial charge in [-0.05, 0) is 33.3 Å². The van der Waals surface area contributed by atoms with Gasteiger partial charge in [-0.2, -0.15) is 0 Å². The fourth-order valence-corrected chi connectivity index (χ4v) is 2.56. The Morgan fingerprint density at radius 1 is 1.42 bits per heavy atom. The highest BCUT2D eigenvalue weighted by Gasteiger charge is 2.53. The highest BCUT2D eigenvalue weighted by molar-refractivity contribution is 6.00. The van der Waals surface area contributed by atoms with Gasteiger partial charge in [0.25, 0.3) is 0 Å². The molecule has 104 valence electrons. The standard InChI is InChI=1S/C15H21NO3/c1-14(2,3)19-13(18)16-11-9-7-6-8-10(11)15(4,5)12(16)17/h6-7,9-10H,8H2,1-5H3. The number of carbonyl (C=O) groups is 2. The zero-order valence-corrected chi connectivity index (χ0v) is 12.2. The van der Waals surface area contributed by atoms with Gasteiger partial charge in [0.05, 0.1) is 5.41 Å². The fourth-order valence-electron chi connectivity index (χ4n) is 2.56. The van der Waals surface area contributed by atoms with Gasteiger partial charge in [-0.3, -0.25) is 4.79 Å². The molecule has 1 heterocycles. The average Bonchev–Trinajstić information content (AvgIpc) is 2.46. The fraction of sp³-hybridized carbons (Fsp3) is 0.600. The molecule has 0 aromatic carbocycles. The first-order valence-electron chi connectivity index (χ1n) is 6.59. The maximum Gasteiger partial charge on any atom is 0.421 e. The second kappa shape index (κ2) is 4.22. The molecule has 19 heavy (non-hydrogen) atoms. The first kappa shape index (κ1) is 13.8. The summed E-state index contributed by atoms with van der Waals surface area (Å²) in [5.74, 6) is -0.126. The van der Waals surface area contributed by atoms with Gasteiger partial charge >= 0.3 is 6.09 Å². The smallest absolute Gasteiger partial charge is 0.421 e. The number of carbonyl (C=O) groups excluding carboxylic acids is 2. The quantitative estimate of drug-likeness (QED) is 0.674. The lowest BCUT2D eigenvalue weighted by atomic mass is 9.77. The van der Waals surface area contributed by atoms with Crippen LogP contribution in [0.2, 0.25) is 0 Å². The normalized spacial score (nSPS) is 25.1. The number of imide groups is 1. The lowest BCUT2D eigenvalue weighted by Gasteiger charge is -2.25. The van der Waals surface area contributed by atoms with Crippen molar-refractivity contribution in [3.8, 4) is 0 Å². The van der Waals surface area contributed by atoms with Gasteiger partial charge in [-0.15, -0.1) is 0 Å². The second-order valence-electron chi connectivity index (χ2n) is 6.65. The van der Waals surface area contributed by atoms with Crippen LogP contribution in [0.5, 0.6) is 0 Å². The van der Waals surface area contributed by atoms with Crippen molar-refractivity contribution in [3.63, 3.8) is 0 Å². The molecule has 1 aliphatic heterocycles. The minimum atomic E-state index is -0.606. The van der Waals surface area contributed by atoms with Crippen molar-refractivity contribution in [2.75, 3.05) is 0 Å². The summed E-state index contributed by atoms with van der Waals surface area (Å²) in [5.41, 5.74) is -0.412. The van der Waals surface area contributed by atoms with Crippen LogP contribution in [0.1, 0.15) is 41.0 Å². The topological polar surface area (TPSA) is 46.6 Å². The van der Waals surface area contributed by atoms with Crippen LogP contribution in [0.4, 0.5) is 4.79 Å². The molecule has 4 nitrogen and oxygen atoms in total. The molecule has 0 N–H and O–H groups in total. The molecule has 0 spiro atoms.